The highest BCUT2D eigenvalue weighted by atomic mass is 19.1. The van der Waals surface area contributed by atoms with Gasteiger partial charge in [-0.25, -0.2) is 23.5 Å². The highest BCUT2D eigenvalue weighted by molar-refractivity contribution is 6.01. The number of carbonyl (C=O) groups is 1. The average Bonchev–Trinajstić information content (AvgIpc) is 3.32. The van der Waals surface area contributed by atoms with E-state index in [0.29, 0.717) is 52.1 Å². The van der Waals surface area contributed by atoms with Gasteiger partial charge >= 0.3 is 6.03 Å². The number of aromatic nitrogens is 3. The van der Waals surface area contributed by atoms with E-state index in [0.717, 1.165) is 0 Å². The van der Waals surface area contributed by atoms with E-state index in [2.05, 4.69) is 9.97 Å². The first kappa shape index (κ1) is 20.9. The van der Waals surface area contributed by atoms with Crippen molar-refractivity contribution in [2.45, 2.75) is 13.5 Å². The van der Waals surface area contributed by atoms with Crippen molar-refractivity contribution in [3.63, 3.8) is 0 Å². The Morgan fingerprint density at radius 1 is 1.09 bits per heavy atom. The number of amides is 2. The maximum absolute atomic E-state index is 15.2. The summed E-state index contributed by atoms with van der Waals surface area (Å²) in [4.78, 5) is 24.3. The van der Waals surface area contributed by atoms with Crippen LogP contribution in [0.5, 0.6) is 0 Å². The summed E-state index contributed by atoms with van der Waals surface area (Å²) in [5, 5.41) is 0.579. The van der Waals surface area contributed by atoms with E-state index >= 15 is 4.39 Å². The minimum Gasteiger partial charge on any atom is -0.383 e. The van der Waals surface area contributed by atoms with E-state index in [1.165, 1.54) is 17.3 Å². The lowest BCUT2D eigenvalue weighted by molar-refractivity contribution is 0.218. The number of fused-ring (bicyclic) bond motifs is 1. The molecule has 2 N–H and O–H groups in total. The molecule has 7 nitrogen and oxygen atoms in total. The highest BCUT2D eigenvalue weighted by Gasteiger charge is 2.31. The van der Waals surface area contributed by atoms with Crippen LogP contribution >= 0.6 is 0 Å². The Labute approximate surface area is 189 Å². The first-order valence-corrected chi connectivity index (χ1v) is 10.5. The third-order valence-corrected chi connectivity index (χ3v) is 6.07. The number of rotatable bonds is 4. The predicted molar refractivity (Wildman–Crippen MR) is 123 cm³/mol. The molecule has 3 heterocycles. The Bertz CT molecular complexity index is 1400. The molecule has 0 aliphatic carbocycles. The standard InChI is InChI=1S/C24H22F2N6O/c1-14-4-3-5-15(21(14)26)11-31-8-9-32(24(31)33)16-6-7-17(19(25)10-16)18-12-30(2)23-20(18)22(27)28-13-29-23/h3-7,10,12-13H,8-9,11H2,1-2H3,(H2,27,28,29). The summed E-state index contributed by atoms with van der Waals surface area (Å²) in [6.07, 6.45) is 3.13. The van der Waals surface area contributed by atoms with Crippen LogP contribution in [0.4, 0.5) is 25.1 Å². The molecule has 0 spiro atoms. The smallest absolute Gasteiger partial charge is 0.324 e. The Kier molecular flexibility index (Phi) is 4.96. The van der Waals surface area contributed by atoms with E-state index in [1.54, 1.807) is 60.0 Å². The topological polar surface area (TPSA) is 80.3 Å². The summed E-state index contributed by atoms with van der Waals surface area (Å²) in [7, 11) is 1.80. The lowest BCUT2D eigenvalue weighted by atomic mass is 10.0. The number of urea groups is 1. The van der Waals surface area contributed by atoms with E-state index in [9.17, 15) is 9.18 Å². The maximum atomic E-state index is 15.2. The Morgan fingerprint density at radius 2 is 1.91 bits per heavy atom. The largest absolute Gasteiger partial charge is 0.383 e. The predicted octanol–water partition coefficient (Wildman–Crippen LogP) is 4.25. The van der Waals surface area contributed by atoms with Crippen molar-refractivity contribution in [3.8, 4) is 11.1 Å². The van der Waals surface area contributed by atoms with E-state index in [-0.39, 0.29) is 24.2 Å². The van der Waals surface area contributed by atoms with Crippen LogP contribution in [-0.2, 0) is 13.6 Å². The molecule has 33 heavy (non-hydrogen) atoms. The lowest BCUT2D eigenvalue weighted by Gasteiger charge is -2.20. The van der Waals surface area contributed by atoms with Gasteiger partial charge in [0.15, 0.2) is 0 Å². The normalized spacial score (nSPS) is 14.0. The first-order chi connectivity index (χ1) is 15.8. The number of aryl methyl sites for hydroxylation is 2. The first-order valence-electron chi connectivity index (χ1n) is 10.5. The maximum Gasteiger partial charge on any atom is 0.324 e. The zero-order valence-electron chi connectivity index (χ0n) is 18.2. The second kappa shape index (κ2) is 7.84. The van der Waals surface area contributed by atoms with Crippen LogP contribution in [0.1, 0.15) is 11.1 Å². The Balaban J connectivity index is 1.43. The number of benzene rings is 2. The van der Waals surface area contributed by atoms with Crippen LogP contribution in [-0.4, -0.2) is 38.6 Å². The van der Waals surface area contributed by atoms with Crippen molar-refractivity contribution >= 4 is 28.6 Å². The number of nitrogens with zero attached hydrogens (tertiary/aromatic N) is 5. The second-order valence-corrected chi connectivity index (χ2v) is 8.18. The number of nitrogens with two attached hydrogens (primary N) is 1. The van der Waals surface area contributed by atoms with Crippen LogP contribution in [0.15, 0.2) is 48.9 Å². The minimum absolute atomic E-state index is 0.165. The third-order valence-electron chi connectivity index (χ3n) is 6.07. The van der Waals surface area contributed by atoms with Crippen molar-refractivity contribution in [2.24, 2.45) is 7.05 Å². The van der Waals surface area contributed by atoms with Crippen LogP contribution in [0.25, 0.3) is 22.2 Å². The molecule has 1 fully saturated rings. The molecule has 0 unspecified atom stereocenters. The summed E-state index contributed by atoms with van der Waals surface area (Å²) in [5.74, 6) is -0.524. The van der Waals surface area contributed by atoms with Gasteiger partial charge in [0.2, 0.25) is 0 Å². The summed E-state index contributed by atoms with van der Waals surface area (Å²) < 4.78 is 31.4. The van der Waals surface area contributed by atoms with Gasteiger partial charge in [-0.05, 0) is 30.7 Å². The van der Waals surface area contributed by atoms with Crippen molar-refractivity contribution in [2.75, 3.05) is 23.7 Å². The lowest BCUT2D eigenvalue weighted by Crippen LogP contribution is -2.31. The van der Waals surface area contributed by atoms with Crippen LogP contribution < -0.4 is 10.6 Å². The van der Waals surface area contributed by atoms with Crippen molar-refractivity contribution in [1.29, 1.82) is 0 Å². The fraction of sp³-hybridized carbons (Fsp3) is 0.208. The fourth-order valence-corrected chi connectivity index (χ4v) is 4.33. The van der Waals surface area contributed by atoms with E-state index < -0.39 is 5.82 Å². The summed E-state index contributed by atoms with van der Waals surface area (Å²) in [5.41, 5.74) is 9.00. The van der Waals surface area contributed by atoms with Crippen LogP contribution in [0.2, 0.25) is 0 Å². The van der Waals surface area contributed by atoms with Crippen molar-refractivity contribution in [3.05, 3.63) is 71.7 Å². The molecule has 1 aliphatic rings. The third kappa shape index (κ3) is 3.45. The SMILES string of the molecule is Cc1cccc(CN2CCN(c3ccc(-c4cn(C)c5ncnc(N)c45)c(F)c3)C2=O)c1F. The van der Waals surface area contributed by atoms with Gasteiger partial charge < -0.3 is 15.2 Å². The van der Waals surface area contributed by atoms with Gasteiger partial charge in [-0.2, -0.15) is 0 Å². The molecule has 4 aromatic rings. The highest BCUT2D eigenvalue weighted by Crippen LogP contribution is 2.35. The zero-order chi connectivity index (χ0) is 23.3. The monoisotopic (exact) mass is 448 g/mol. The van der Waals surface area contributed by atoms with E-state index in [4.69, 9.17) is 5.73 Å². The molecule has 1 saturated heterocycles. The second-order valence-electron chi connectivity index (χ2n) is 8.18. The Morgan fingerprint density at radius 3 is 2.70 bits per heavy atom. The zero-order valence-corrected chi connectivity index (χ0v) is 18.2. The molecule has 2 aromatic heterocycles. The van der Waals surface area contributed by atoms with E-state index in [1.807, 2.05) is 0 Å². The number of carbonyl (C=O) groups excluding carboxylic acids is 1. The quantitative estimate of drug-likeness (QED) is 0.506. The number of halogens is 2. The molecule has 2 amide bonds. The molecular formula is C24H22F2N6O. The molecule has 1 aliphatic heterocycles. The van der Waals surface area contributed by atoms with Gasteiger partial charge in [-0.1, -0.05) is 18.2 Å². The van der Waals surface area contributed by atoms with Gasteiger partial charge in [0, 0.05) is 48.7 Å². The number of hydrogen-bond donors (Lipinski definition) is 1. The fourth-order valence-electron chi connectivity index (χ4n) is 4.33. The van der Waals surface area contributed by atoms with Crippen molar-refractivity contribution < 1.29 is 13.6 Å². The summed E-state index contributed by atoms with van der Waals surface area (Å²) in [6.45, 7) is 2.67. The number of anilines is 2. The van der Waals surface area contributed by atoms with Crippen molar-refractivity contribution in [1.82, 2.24) is 19.4 Å². The molecule has 168 valence electrons. The summed E-state index contributed by atoms with van der Waals surface area (Å²) >= 11 is 0. The molecule has 0 bridgehead atoms. The van der Waals surface area contributed by atoms with Gasteiger partial charge in [0.1, 0.15) is 29.4 Å². The molecular weight excluding hydrogens is 426 g/mol. The summed E-state index contributed by atoms with van der Waals surface area (Å²) in [6, 6.07) is 9.51. The molecule has 0 atom stereocenters. The molecule has 5 rings (SSSR count). The molecule has 0 radical (unpaired) electrons. The molecule has 0 saturated carbocycles. The molecule has 2 aromatic carbocycles. The Hall–Kier alpha value is -4.01. The van der Waals surface area contributed by atoms with Crippen LogP contribution in [0.3, 0.4) is 0 Å². The minimum atomic E-state index is -0.487. The van der Waals surface area contributed by atoms with Gasteiger partial charge in [-0.15, -0.1) is 0 Å². The average molecular weight is 448 g/mol. The number of nitrogen functional groups attached to an aromatic ring is 1. The van der Waals surface area contributed by atoms with Gasteiger partial charge in [0.05, 0.1) is 11.9 Å². The van der Waals surface area contributed by atoms with Gasteiger partial charge in [0.25, 0.3) is 0 Å². The molecule has 9 heteroatoms. The number of hydrogen-bond acceptors (Lipinski definition) is 4. The van der Waals surface area contributed by atoms with Crippen LogP contribution in [0, 0.1) is 18.6 Å². The van der Waals surface area contributed by atoms with Gasteiger partial charge in [-0.3, -0.25) is 4.90 Å².